The molecule has 1 N–H and O–H groups in total. The molecule has 6 heteroatoms. The van der Waals surface area contributed by atoms with Crippen molar-refractivity contribution in [2.75, 3.05) is 0 Å². The molecule has 98 valence electrons. The lowest BCUT2D eigenvalue weighted by Gasteiger charge is -2.26. The molecular formula is C12H15FN2O2S. The first-order valence-electron chi connectivity index (χ1n) is 5.42. The maximum atomic E-state index is 12.7. The molecule has 1 aromatic carbocycles. The Hall–Kier alpha value is -1.45. The van der Waals surface area contributed by atoms with Gasteiger partial charge < -0.3 is 0 Å². The fourth-order valence-electron chi connectivity index (χ4n) is 1.22. The van der Waals surface area contributed by atoms with E-state index in [2.05, 4.69) is 4.72 Å². The van der Waals surface area contributed by atoms with Crippen molar-refractivity contribution >= 4 is 10.0 Å². The topological polar surface area (TPSA) is 70.0 Å². The molecule has 0 saturated heterocycles. The summed E-state index contributed by atoms with van der Waals surface area (Å²) in [5.74, 6) is -0.710. The average molecular weight is 270 g/mol. The van der Waals surface area contributed by atoms with Gasteiger partial charge in [-0.2, -0.15) is 9.98 Å². The minimum absolute atomic E-state index is 0.0639. The van der Waals surface area contributed by atoms with Gasteiger partial charge in [-0.15, -0.1) is 0 Å². The molecule has 0 aliphatic carbocycles. The normalized spacial score (nSPS) is 15.1. The maximum absolute atomic E-state index is 12.7. The monoisotopic (exact) mass is 270 g/mol. The minimum Gasteiger partial charge on any atom is -0.207 e. The summed E-state index contributed by atoms with van der Waals surface area (Å²) in [6.45, 7) is 5.01. The van der Waals surface area contributed by atoms with Crippen LogP contribution < -0.4 is 4.72 Å². The number of hydrogen-bond acceptors (Lipinski definition) is 3. The standard InChI is InChI=1S/C12H15FN2O2S/c1-9(2)12(3,8-14)15-18(16,17)11-6-4-10(13)5-7-11/h4-7,9,15H,1-3H3/t12-/m1/s1. The van der Waals surface area contributed by atoms with Crippen LogP contribution in [0.15, 0.2) is 29.2 Å². The molecule has 0 amide bonds. The molecule has 1 rings (SSSR count). The molecule has 4 nitrogen and oxygen atoms in total. The third-order valence-corrected chi connectivity index (χ3v) is 4.44. The Labute approximate surface area is 106 Å². The second-order valence-corrected chi connectivity index (χ2v) is 6.21. The minimum atomic E-state index is -3.83. The number of benzene rings is 1. The van der Waals surface area contributed by atoms with Crippen molar-refractivity contribution in [3.63, 3.8) is 0 Å². The number of rotatable bonds is 4. The van der Waals surface area contributed by atoms with E-state index in [0.717, 1.165) is 24.3 Å². The van der Waals surface area contributed by atoms with Gasteiger partial charge in [0.25, 0.3) is 0 Å². The zero-order valence-electron chi connectivity index (χ0n) is 10.4. The van der Waals surface area contributed by atoms with Crippen LogP contribution in [0.4, 0.5) is 4.39 Å². The van der Waals surface area contributed by atoms with Crippen molar-refractivity contribution in [2.45, 2.75) is 31.2 Å². The van der Waals surface area contributed by atoms with Crippen molar-refractivity contribution in [3.8, 4) is 6.07 Å². The van der Waals surface area contributed by atoms with Gasteiger partial charge in [-0.25, -0.2) is 12.8 Å². The van der Waals surface area contributed by atoms with Crippen LogP contribution in [-0.4, -0.2) is 14.0 Å². The van der Waals surface area contributed by atoms with Gasteiger partial charge in [0.2, 0.25) is 10.0 Å². The number of nitrogens with zero attached hydrogens (tertiary/aromatic N) is 1. The summed E-state index contributed by atoms with van der Waals surface area (Å²) < 4.78 is 39.2. The van der Waals surface area contributed by atoms with Gasteiger partial charge in [0, 0.05) is 0 Å². The molecule has 1 atom stereocenters. The lowest BCUT2D eigenvalue weighted by molar-refractivity contribution is 0.389. The van der Waals surface area contributed by atoms with Gasteiger partial charge in [-0.3, -0.25) is 0 Å². The first kappa shape index (κ1) is 14.6. The summed E-state index contributed by atoms with van der Waals surface area (Å²) in [6, 6.07) is 6.40. The van der Waals surface area contributed by atoms with E-state index in [9.17, 15) is 12.8 Å². The van der Waals surface area contributed by atoms with Crippen molar-refractivity contribution in [1.82, 2.24) is 4.72 Å². The van der Waals surface area contributed by atoms with Crippen LogP contribution in [0.2, 0.25) is 0 Å². The van der Waals surface area contributed by atoms with Crippen molar-refractivity contribution < 1.29 is 12.8 Å². The fraction of sp³-hybridized carbons (Fsp3) is 0.417. The van der Waals surface area contributed by atoms with Crippen LogP contribution in [-0.2, 0) is 10.0 Å². The fourth-order valence-corrected chi connectivity index (χ4v) is 2.67. The summed E-state index contributed by atoms with van der Waals surface area (Å²) in [4.78, 5) is -0.0639. The van der Waals surface area contributed by atoms with Crippen LogP contribution in [0, 0.1) is 23.1 Å². The third-order valence-electron chi connectivity index (χ3n) is 2.86. The molecule has 0 aliphatic heterocycles. The zero-order chi connectivity index (χ0) is 14.0. The predicted octanol–water partition coefficient (Wildman–Crippen LogP) is 2.04. The SMILES string of the molecule is CC(C)[C@@](C)(C#N)NS(=O)(=O)c1ccc(F)cc1. The van der Waals surface area contributed by atoms with Crippen molar-refractivity contribution in [2.24, 2.45) is 5.92 Å². The highest BCUT2D eigenvalue weighted by Crippen LogP contribution is 2.19. The van der Waals surface area contributed by atoms with Gasteiger partial charge in [-0.05, 0) is 37.1 Å². The van der Waals surface area contributed by atoms with Gasteiger partial charge in [0.15, 0.2) is 0 Å². The Balaban J connectivity index is 3.10. The van der Waals surface area contributed by atoms with E-state index in [1.807, 2.05) is 6.07 Å². The van der Waals surface area contributed by atoms with Gasteiger partial charge >= 0.3 is 0 Å². The van der Waals surface area contributed by atoms with E-state index >= 15 is 0 Å². The summed E-state index contributed by atoms with van der Waals surface area (Å²) in [6.07, 6.45) is 0. The number of nitriles is 1. The van der Waals surface area contributed by atoms with E-state index in [1.165, 1.54) is 6.92 Å². The Morgan fingerprint density at radius 1 is 1.33 bits per heavy atom. The average Bonchev–Trinajstić information content (AvgIpc) is 2.28. The number of nitrogens with one attached hydrogen (secondary N) is 1. The Bertz CT molecular complexity index is 561. The Kier molecular flexibility index (Phi) is 4.09. The molecule has 0 heterocycles. The smallest absolute Gasteiger partial charge is 0.207 e. The summed E-state index contributed by atoms with van der Waals surface area (Å²) in [7, 11) is -3.83. The van der Waals surface area contributed by atoms with E-state index in [0.29, 0.717) is 0 Å². The lowest BCUT2D eigenvalue weighted by Crippen LogP contribution is -2.48. The molecule has 0 aromatic heterocycles. The van der Waals surface area contributed by atoms with Crippen LogP contribution in [0.3, 0.4) is 0 Å². The maximum Gasteiger partial charge on any atom is 0.241 e. The number of sulfonamides is 1. The largest absolute Gasteiger partial charge is 0.241 e. The summed E-state index contributed by atoms with van der Waals surface area (Å²) >= 11 is 0. The Morgan fingerprint density at radius 3 is 2.22 bits per heavy atom. The van der Waals surface area contributed by atoms with Crippen LogP contribution in [0.5, 0.6) is 0 Å². The number of halogens is 1. The summed E-state index contributed by atoms with van der Waals surface area (Å²) in [5, 5.41) is 9.07. The van der Waals surface area contributed by atoms with Crippen LogP contribution in [0.1, 0.15) is 20.8 Å². The van der Waals surface area contributed by atoms with Gasteiger partial charge in [0.05, 0.1) is 11.0 Å². The van der Waals surface area contributed by atoms with Gasteiger partial charge in [0.1, 0.15) is 11.4 Å². The van der Waals surface area contributed by atoms with Crippen LogP contribution in [0.25, 0.3) is 0 Å². The highest BCUT2D eigenvalue weighted by molar-refractivity contribution is 7.89. The molecule has 0 unspecified atom stereocenters. The first-order chi connectivity index (χ1) is 8.21. The molecule has 0 fully saturated rings. The number of hydrogen-bond donors (Lipinski definition) is 1. The molecular weight excluding hydrogens is 255 g/mol. The molecule has 1 aromatic rings. The second-order valence-electron chi connectivity index (χ2n) is 4.53. The highest BCUT2D eigenvalue weighted by atomic mass is 32.2. The predicted molar refractivity (Wildman–Crippen MR) is 65.6 cm³/mol. The third kappa shape index (κ3) is 3.06. The van der Waals surface area contributed by atoms with E-state index in [-0.39, 0.29) is 10.8 Å². The summed E-state index contributed by atoms with van der Waals surface area (Å²) in [5.41, 5.74) is -1.20. The molecule has 0 spiro atoms. The lowest BCUT2D eigenvalue weighted by atomic mass is 9.92. The van der Waals surface area contributed by atoms with E-state index in [4.69, 9.17) is 5.26 Å². The van der Waals surface area contributed by atoms with Crippen molar-refractivity contribution in [1.29, 1.82) is 5.26 Å². The molecule has 18 heavy (non-hydrogen) atoms. The first-order valence-corrected chi connectivity index (χ1v) is 6.90. The van der Waals surface area contributed by atoms with E-state index < -0.39 is 21.4 Å². The second kappa shape index (κ2) is 5.04. The highest BCUT2D eigenvalue weighted by Gasteiger charge is 2.33. The quantitative estimate of drug-likeness (QED) is 0.910. The molecule has 0 bridgehead atoms. The molecule has 0 aliphatic rings. The van der Waals surface area contributed by atoms with Crippen molar-refractivity contribution in [3.05, 3.63) is 30.1 Å². The zero-order valence-corrected chi connectivity index (χ0v) is 11.3. The molecule has 0 saturated carbocycles. The van der Waals surface area contributed by atoms with E-state index in [1.54, 1.807) is 13.8 Å². The van der Waals surface area contributed by atoms with Crippen LogP contribution >= 0.6 is 0 Å². The van der Waals surface area contributed by atoms with Gasteiger partial charge in [-0.1, -0.05) is 13.8 Å². The molecule has 0 radical (unpaired) electrons. The Morgan fingerprint density at radius 2 is 1.83 bits per heavy atom.